The van der Waals surface area contributed by atoms with Crippen molar-refractivity contribution in [2.45, 2.75) is 43.7 Å². The van der Waals surface area contributed by atoms with Gasteiger partial charge in [0.2, 0.25) is 5.91 Å². The van der Waals surface area contributed by atoms with Crippen LogP contribution in [0.4, 0.5) is 0 Å². The number of pyridine rings is 1. The Kier molecular flexibility index (Phi) is 6.46. The monoisotopic (exact) mass is 416 g/mol. The number of rotatable bonds is 5. The van der Waals surface area contributed by atoms with E-state index in [1.165, 1.54) is 0 Å². The summed E-state index contributed by atoms with van der Waals surface area (Å²) in [6.45, 7) is 0. The van der Waals surface area contributed by atoms with Gasteiger partial charge in [0.1, 0.15) is 5.82 Å². The second-order valence-corrected chi connectivity index (χ2v) is 7.24. The van der Waals surface area contributed by atoms with E-state index in [9.17, 15) is 4.79 Å². The number of halogens is 1. The predicted octanol–water partition coefficient (Wildman–Crippen LogP) is 1.87. The van der Waals surface area contributed by atoms with Crippen LogP contribution in [0.2, 0.25) is 0 Å². The highest BCUT2D eigenvalue weighted by atomic mass is 35.5. The number of hydrogen-bond donors (Lipinski definition) is 2. The fourth-order valence-electron chi connectivity index (χ4n) is 3.96. The lowest BCUT2D eigenvalue weighted by Crippen LogP contribution is -2.41. The second kappa shape index (κ2) is 8.86. The molecule has 1 saturated carbocycles. The van der Waals surface area contributed by atoms with Gasteiger partial charge in [0.05, 0.1) is 23.7 Å². The molecule has 0 aliphatic heterocycles. The smallest absolute Gasteiger partial charge is 0.225 e. The zero-order valence-corrected chi connectivity index (χ0v) is 17.0. The number of primary amides is 1. The molecule has 1 aromatic carbocycles. The molecule has 3 atom stereocenters. The third-order valence-electron chi connectivity index (χ3n) is 5.36. The molecule has 1 amide bonds. The Bertz CT molecular complexity index is 1000. The number of nitrogens with two attached hydrogens (primary N) is 2. The average molecular weight is 417 g/mol. The van der Waals surface area contributed by atoms with Crippen molar-refractivity contribution in [3.63, 3.8) is 0 Å². The number of hydrogen-bond acceptors (Lipinski definition) is 6. The van der Waals surface area contributed by atoms with Crippen LogP contribution >= 0.6 is 12.4 Å². The number of carbonyl (C=O) groups excluding carboxylic acids is 1. The number of aromatic nitrogens is 4. The average Bonchev–Trinajstić information content (AvgIpc) is 3.10. The summed E-state index contributed by atoms with van der Waals surface area (Å²) in [7, 11) is 1.69. The van der Waals surface area contributed by atoms with Crippen molar-refractivity contribution in [2.24, 2.45) is 11.5 Å². The van der Waals surface area contributed by atoms with Gasteiger partial charge in [-0.05, 0) is 31.4 Å². The molecule has 0 saturated heterocycles. The fourth-order valence-corrected chi connectivity index (χ4v) is 3.96. The molecule has 9 heteroatoms. The quantitative estimate of drug-likeness (QED) is 0.654. The van der Waals surface area contributed by atoms with Gasteiger partial charge in [-0.15, -0.1) is 12.4 Å². The molecule has 29 heavy (non-hydrogen) atoms. The molecule has 0 unspecified atom stereocenters. The molecule has 2 heterocycles. The van der Waals surface area contributed by atoms with Crippen LogP contribution in [0.1, 0.15) is 36.8 Å². The highest BCUT2D eigenvalue weighted by Crippen LogP contribution is 2.34. The maximum absolute atomic E-state index is 11.4. The molecule has 2 aromatic heterocycles. The van der Waals surface area contributed by atoms with E-state index in [2.05, 4.69) is 15.1 Å². The van der Waals surface area contributed by atoms with Crippen LogP contribution in [0.25, 0.3) is 16.6 Å². The van der Waals surface area contributed by atoms with E-state index in [0.717, 1.165) is 41.7 Å². The summed E-state index contributed by atoms with van der Waals surface area (Å²) in [5, 5.41) is 5.62. The molecule has 4 N–H and O–H groups in total. The molecule has 0 bridgehead atoms. The highest BCUT2D eigenvalue weighted by Gasteiger charge is 2.32. The van der Waals surface area contributed by atoms with Crippen LogP contribution in [-0.2, 0) is 16.0 Å². The third kappa shape index (κ3) is 4.24. The Morgan fingerprint density at radius 3 is 2.83 bits per heavy atom. The number of benzene rings is 1. The standard InChI is InChI=1S/C20H24N6O2.ClH/c1-28-16-10-13(7-8-14(16)21)20-24-18(11-17(22)27)25-26(20)15-6-2-4-12-5-3-9-23-19(12)15;/h2-6,9,13-14,16H,7-8,10-11,21H2,1H3,(H2,22,27);1H/t13-,14-,16-;/m0./s1. The van der Waals surface area contributed by atoms with Gasteiger partial charge in [-0.3, -0.25) is 9.78 Å². The Labute approximate surface area is 175 Å². The number of ether oxygens (including phenoxy) is 1. The Hall–Kier alpha value is -2.55. The van der Waals surface area contributed by atoms with E-state index in [0.29, 0.717) is 5.82 Å². The molecular formula is C20H25ClN6O2. The van der Waals surface area contributed by atoms with Crippen molar-refractivity contribution in [3.05, 3.63) is 48.2 Å². The Morgan fingerprint density at radius 1 is 1.28 bits per heavy atom. The van der Waals surface area contributed by atoms with Crippen molar-refractivity contribution >= 4 is 29.2 Å². The summed E-state index contributed by atoms with van der Waals surface area (Å²) in [5.41, 5.74) is 13.2. The number of amides is 1. The predicted molar refractivity (Wildman–Crippen MR) is 112 cm³/mol. The van der Waals surface area contributed by atoms with Gasteiger partial charge in [-0.25, -0.2) is 9.67 Å². The molecule has 0 spiro atoms. The summed E-state index contributed by atoms with van der Waals surface area (Å²) in [6, 6.07) is 9.86. The van der Waals surface area contributed by atoms with Gasteiger partial charge in [0.25, 0.3) is 0 Å². The minimum atomic E-state index is -0.458. The van der Waals surface area contributed by atoms with Crippen LogP contribution in [0.5, 0.6) is 0 Å². The molecule has 4 rings (SSSR count). The third-order valence-corrected chi connectivity index (χ3v) is 5.36. The summed E-state index contributed by atoms with van der Waals surface area (Å²) in [6.07, 6.45) is 4.20. The van der Waals surface area contributed by atoms with Gasteiger partial charge >= 0.3 is 0 Å². The molecule has 1 aliphatic rings. The lowest BCUT2D eigenvalue weighted by molar-refractivity contribution is -0.117. The van der Waals surface area contributed by atoms with E-state index >= 15 is 0 Å². The maximum atomic E-state index is 11.4. The van der Waals surface area contributed by atoms with Crippen LogP contribution in [0, 0.1) is 0 Å². The summed E-state index contributed by atoms with van der Waals surface area (Å²) in [4.78, 5) is 20.6. The topological polar surface area (TPSA) is 122 Å². The number of nitrogens with zero attached hydrogens (tertiary/aromatic N) is 4. The number of para-hydroxylation sites is 1. The first-order valence-corrected chi connectivity index (χ1v) is 9.43. The normalized spacial score (nSPS) is 21.7. The number of methoxy groups -OCH3 is 1. The van der Waals surface area contributed by atoms with Crippen molar-refractivity contribution < 1.29 is 9.53 Å². The fraction of sp³-hybridized carbons (Fsp3) is 0.400. The Balaban J connectivity index is 0.00000240. The summed E-state index contributed by atoms with van der Waals surface area (Å²) in [5.74, 6) is 0.876. The van der Waals surface area contributed by atoms with Crippen molar-refractivity contribution in [3.8, 4) is 5.69 Å². The first-order chi connectivity index (χ1) is 13.6. The molecule has 8 nitrogen and oxygen atoms in total. The number of carbonyl (C=O) groups is 1. The SMILES string of the molecule is CO[C@H]1C[C@@H](c2nc(CC(N)=O)nn2-c2cccc3cccnc23)CC[C@@H]1N.Cl. The van der Waals surface area contributed by atoms with Crippen molar-refractivity contribution in [1.29, 1.82) is 0 Å². The van der Waals surface area contributed by atoms with Crippen LogP contribution in [0.3, 0.4) is 0 Å². The molecule has 1 aliphatic carbocycles. The molecule has 0 radical (unpaired) electrons. The van der Waals surface area contributed by atoms with Gasteiger partial charge in [0.15, 0.2) is 5.82 Å². The summed E-state index contributed by atoms with van der Waals surface area (Å²) >= 11 is 0. The van der Waals surface area contributed by atoms with E-state index in [-0.39, 0.29) is 36.9 Å². The molecule has 1 fully saturated rings. The lowest BCUT2D eigenvalue weighted by atomic mass is 9.83. The lowest BCUT2D eigenvalue weighted by Gasteiger charge is -2.32. The van der Waals surface area contributed by atoms with Crippen molar-refractivity contribution in [1.82, 2.24) is 19.7 Å². The van der Waals surface area contributed by atoms with Crippen molar-refractivity contribution in [2.75, 3.05) is 7.11 Å². The Morgan fingerprint density at radius 2 is 2.07 bits per heavy atom. The van der Waals surface area contributed by atoms with Gasteiger partial charge in [-0.2, -0.15) is 5.10 Å². The first kappa shape index (κ1) is 21.2. The van der Waals surface area contributed by atoms with Crippen LogP contribution in [-0.4, -0.2) is 44.9 Å². The van der Waals surface area contributed by atoms with Crippen LogP contribution < -0.4 is 11.5 Å². The highest BCUT2D eigenvalue weighted by molar-refractivity contribution is 5.86. The van der Waals surface area contributed by atoms with E-state index in [1.54, 1.807) is 13.3 Å². The zero-order chi connectivity index (χ0) is 19.7. The van der Waals surface area contributed by atoms with Gasteiger partial charge < -0.3 is 16.2 Å². The minimum absolute atomic E-state index is 0. The zero-order valence-electron chi connectivity index (χ0n) is 16.2. The van der Waals surface area contributed by atoms with Gasteiger partial charge in [-0.1, -0.05) is 18.2 Å². The largest absolute Gasteiger partial charge is 0.380 e. The van der Waals surface area contributed by atoms with E-state index in [4.69, 9.17) is 16.2 Å². The summed E-state index contributed by atoms with van der Waals surface area (Å²) < 4.78 is 7.38. The van der Waals surface area contributed by atoms with E-state index < -0.39 is 5.91 Å². The second-order valence-electron chi connectivity index (χ2n) is 7.24. The maximum Gasteiger partial charge on any atom is 0.225 e. The first-order valence-electron chi connectivity index (χ1n) is 9.43. The van der Waals surface area contributed by atoms with E-state index in [1.807, 2.05) is 35.0 Å². The molecular weight excluding hydrogens is 392 g/mol. The van der Waals surface area contributed by atoms with Crippen LogP contribution in [0.15, 0.2) is 36.5 Å². The molecule has 154 valence electrons. The minimum Gasteiger partial charge on any atom is -0.380 e. The van der Waals surface area contributed by atoms with Gasteiger partial charge in [0, 0.05) is 30.7 Å². The molecule has 3 aromatic rings. The number of fused-ring (bicyclic) bond motifs is 1.